The van der Waals surface area contributed by atoms with Gasteiger partial charge in [-0.05, 0) is 31.5 Å². The van der Waals surface area contributed by atoms with E-state index in [0.29, 0.717) is 11.4 Å². The maximum absolute atomic E-state index is 8.52. The Labute approximate surface area is 89.5 Å². The number of benzene rings is 1. The van der Waals surface area contributed by atoms with Gasteiger partial charge in [0.15, 0.2) is 0 Å². The first-order chi connectivity index (χ1) is 6.63. The molecule has 1 N–H and O–H groups in total. The van der Waals surface area contributed by atoms with E-state index in [4.69, 9.17) is 16.9 Å². The van der Waals surface area contributed by atoms with E-state index < -0.39 is 0 Å². The molecule has 0 amide bonds. The number of anilines is 1. The molecule has 0 aliphatic heterocycles. The van der Waals surface area contributed by atoms with Crippen molar-refractivity contribution in [2.24, 2.45) is 0 Å². The summed E-state index contributed by atoms with van der Waals surface area (Å²) in [5.74, 6) is 0. The lowest BCUT2D eigenvalue weighted by Gasteiger charge is -2.13. The van der Waals surface area contributed by atoms with Gasteiger partial charge in [-0.25, -0.2) is 0 Å². The van der Waals surface area contributed by atoms with Gasteiger partial charge in [-0.2, -0.15) is 5.26 Å². The molecule has 74 valence electrons. The monoisotopic (exact) mass is 208 g/mol. The van der Waals surface area contributed by atoms with Gasteiger partial charge in [0, 0.05) is 6.04 Å². The highest BCUT2D eigenvalue weighted by molar-refractivity contribution is 6.33. The van der Waals surface area contributed by atoms with Crippen molar-refractivity contribution in [1.82, 2.24) is 0 Å². The standard InChI is InChI=1S/C11H13ClN2/c1-8-3-4-10(12)11(7-8)14-9(2)5-6-13/h3-4,7,9,14H,5H2,1-2H3. The quantitative estimate of drug-likeness (QED) is 0.827. The van der Waals surface area contributed by atoms with Gasteiger partial charge in [-0.1, -0.05) is 17.7 Å². The van der Waals surface area contributed by atoms with E-state index in [1.807, 2.05) is 32.0 Å². The van der Waals surface area contributed by atoms with E-state index in [1.165, 1.54) is 0 Å². The normalized spacial score (nSPS) is 11.9. The molecule has 0 aliphatic rings. The molecule has 0 saturated heterocycles. The third kappa shape index (κ3) is 2.93. The van der Waals surface area contributed by atoms with Gasteiger partial charge in [-0.3, -0.25) is 0 Å². The zero-order valence-electron chi connectivity index (χ0n) is 8.34. The van der Waals surface area contributed by atoms with Gasteiger partial charge in [0.1, 0.15) is 0 Å². The predicted octanol–water partition coefficient (Wildman–Crippen LogP) is 3.36. The molecule has 1 atom stereocenters. The maximum Gasteiger partial charge on any atom is 0.0643 e. The molecule has 0 saturated carbocycles. The molecule has 14 heavy (non-hydrogen) atoms. The lowest BCUT2D eigenvalue weighted by Crippen LogP contribution is -2.14. The fourth-order valence-corrected chi connectivity index (χ4v) is 1.38. The Hall–Kier alpha value is -1.20. The Kier molecular flexibility index (Phi) is 3.79. The molecular formula is C11H13ClN2. The molecule has 1 aromatic rings. The first-order valence-corrected chi connectivity index (χ1v) is 4.91. The van der Waals surface area contributed by atoms with Crippen LogP contribution in [-0.4, -0.2) is 6.04 Å². The van der Waals surface area contributed by atoms with Gasteiger partial charge in [0.2, 0.25) is 0 Å². The topological polar surface area (TPSA) is 35.8 Å². The number of hydrogen-bond acceptors (Lipinski definition) is 2. The minimum atomic E-state index is 0.124. The number of hydrogen-bond donors (Lipinski definition) is 1. The summed E-state index contributed by atoms with van der Waals surface area (Å²) < 4.78 is 0. The summed E-state index contributed by atoms with van der Waals surface area (Å²) in [5.41, 5.74) is 2.05. The van der Waals surface area contributed by atoms with Crippen molar-refractivity contribution in [1.29, 1.82) is 5.26 Å². The lowest BCUT2D eigenvalue weighted by atomic mass is 10.2. The van der Waals surface area contributed by atoms with E-state index in [9.17, 15) is 0 Å². The summed E-state index contributed by atoms with van der Waals surface area (Å²) >= 11 is 6.00. The molecule has 0 heterocycles. The van der Waals surface area contributed by atoms with Crippen LogP contribution in [0.2, 0.25) is 5.02 Å². The van der Waals surface area contributed by atoms with Crippen molar-refractivity contribution in [3.05, 3.63) is 28.8 Å². The third-order valence-corrected chi connectivity index (χ3v) is 2.25. The van der Waals surface area contributed by atoms with Crippen molar-refractivity contribution in [3.8, 4) is 6.07 Å². The van der Waals surface area contributed by atoms with Crippen LogP contribution in [0.25, 0.3) is 0 Å². The Morgan fingerprint density at radius 2 is 2.29 bits per heavy atom. The second kappa shape index (κ2) is 4.88. The van der Waals surface area contributed by atoms with Crippen LogP contribution in [0.3, 0.4) is 0 Å². The number of nitrogens with zero attached hydrogens (tertiary/aromatic N) is 1. The second-order valence-electron chi connectivity index (χ2n) is 3.39. The first kappa shape index (κ1) is 10.9. The van der Waals surface area contributed by atoms with E-state index in [1.54, 1.807) is 0 Å². The smallest absolute Gasteiger partial charge is 0.0643 e. The van der Waals surface area contributed by atoms with Crippen molar-refractivity contribution >= 4 is 17.3 Å². The Balaban J connectivity index is 2.76. The Morgan fingerprint density at radius 1 is 1.57 bits per heavy atom. The molecule has 0 aliphatic carbocycles. The molecule has 0 radical (unpaired) electrons. The highest BCUT2D eigenvalue weighted by Gasteiger charge is 2.04. The second-order valence-corrected chi connectivity index (χ2v) is 3.80. The highest BCUT2D eigenvalue weighted by Crippen LogP contribution is 2.23. The van der Waals surface area contributed by atoms with Crippen molar-refractivity contribution in [3.63, 3.8) is 0 Å². The van der Waals surface area contributed by atoms with Crippen LogP contribution in [-0.2, 0) is 0 Å². The van der Waals surface area contributed by atoms with E-state index in [0.717, 1.165) is 11.3 Å². The zero-order valence-corrected chi connectivity index (χ0v) is 9.10. The van der Waals surface area contributed by atoms with Crippen LogP contribution < -0.4 is 5.32 Å². The fraction of sp³-hybridized carbons (Fsp3) is 0.364. The molecule has 0 fully saturated rings. The van der Waals surface area contributed by atoms with E-state index >= 15 is 0 Å². The summed E-state index contributed by atoms with van der Waals surface area (Å²) in [4.78, 5) is 0. The Morgan fingerprint density at radius 3 is 2.93 bits per heavy atom. The largest absolute Gasteiger partial charge is 0.380 e. The summed E-state index contributed by atoms with van der Waals surface area (Å²) in [6.07, 6.45) is 0.476. The minimum Gasteiger partial charge on any atom is -0.380 e. The van der Waals surface area contributed by atoms with Crippen LogP contribution in [0.15, 0.2) is 18.2 Å². The first-order valence-electron chi connectivity index (χ1n) is 4.53. The maximum atomic E-state index is 8.52. The summed E-state index contributed by atoms with van der Waals surface area (Å²) in [7, 11) is 0. The number of aryl methyl sites for hydroxylation is 1. The number of rotatable bonds is 3. The van der Waals surface area contributed by atoms with Crippen LogP contribution in [0.4, 0.5) is 5.69 Å². The van der Waals surface area contributed by atoms with Crippen molar-refractivity contribution in [2.75, 3.05) is 5.32 Å². The number of nitrogens with one attached hydrogen (secondary N) is 1. The lowest BCUT2D eigenvalue weighted by molar-refractivity contribution is 0.821. The summed E-state index contributed by atoms with van der Waals surface area (Å²) in [5, 5.41) is 12.4. The van der Waals surface area contributed by atoms with Crippen LogP contribution in [0, 0.1) is 18.3 Å². The average Bonchev–Trinajstić information content (AvgIpc) is 2.12. The van der Waals surface area contributed by atoms with Gasteiger partial charge in [0.05, 0.1) is 23.2 Å². The van der Waals surface area contributed by atoms with Gasteiger partial charge in [-0.15, -0.1) is 0 Å². The van der Waals surface area contributed by atoms with Gasteiger partial charge < -0.3 is 5.32 Å². The summed E-state index contributed by atoms with van der Waals surface area (Å²) in [6.45, 7) is 3.97. The van der Waals surface area contributed by atoms with Crippen molar-refractivity contribution < 1.29 is 0 Å². The van der Waals surface area contributed by atoms with Gasteiger partial charge >= 0.3 is 0 Å². The molecular weight excluding hydrogens is 196 g/mol. The molecule has 3 heteroatoms. The molecule has 0 spiro atoms. The molecule has 1 unspecified atom stereocenters. The molecule has 1 rings (SSSR count). The van der Waals surface area contributed by atoms with Gasteiger partial charge in [0.25, 0.3) is 0 Å². The Bertz CT molecular complexity index is 355. The molecule has 1 aromatic carbocycles. The van der Waals surface area contributed by atoms with E-state index in [-0.39, 0.29) is 6.04 Å². The molecule has 2 nitrogen and oxygen atoms in total. The highest BCUT2D eigenvalue weighted by atomic mass is 35.5. The van der Waals surface area contributed by atoms with E-state index in [2.05, 4.69) is 11.4 Å². The average molecular weight is 209 g/mol. The zero-order chi connectivity index (χ0) is 10.6. The molecule has 0 bridgehead atoms. The SMILES string of the molecule is Cc1ccc(Cl)c(NC(C)CC#N)c1. The molecule has 0 aromatic heterocycles. The van der Waals surface area contributed by atoms with Crippen LogP contribution in [0.5, 0.6) is 0 Å². The fourth-order valence-electron chi connectivity index (χ4n) is 1.20. The summed E-state index contributed by atoms with van der Waals surface area (Å²) in [6, 6.07) is 8.04. The van der Waals surface area contributed by atoms with Crippen LogP contribution in [0.1, 0.15) is 18.9 Å². The third-order valence-electron chi connectivity index (χ3n) is 1.92. The minimum absolute atomic E-state index is 0.124. The predicted molar refractivity (Wildman–Crippen MR) is 59.5 cm³/mol. The van der Waals surface area contributed by atoms with Crippen LogP contribution >= 0.6 is 11.6 Å². The number of nitriles is 1. The number of halogens is 1. The van der Waals surface area contributed by atoms with Crippen molar-refractivity contribution in [2.45, 2.75) is 26.3 Å².